The number of carbonyl (C=O) groups is 2. The first kappa shape index (κ1) is 16.6. The molecule has 0 radical (unpaired) electrons. The number of amides is 2. The standard InChI is InChI=1S/C18H20ClN3O2/c1-12-7-16(20-10-12)18(24)21-15-9-17(23)22(11-15)6-5-13-3-2-4-14(19)8-13/h2-4,7-8,10,15,20H,5-6,9,11H2,1H3,(H,21,24)/t15-/m0/s1. The summed E-state index contributed by atoms with van der Waals surface area (Å²) in [7, 11) is 0. The van der Waals surface area contributed by atoms with Crippen LogP contribution in [0.25, 0.3) is 0 Å². The zero-order valence-corrected chi connectivity index (χ0v) is 14.3. The summed E-state index contributed by atoms with van der Waals surface area (Å²) in [6.07, 6.45) is 2.88. The lowest BCUT2D eigenvalue weighted by Gasteiger charge is -2.17. The van der Waals surface area contributed by atoms with Gasteiger partial charge in [0.15, 0.2) is 0 Å². The van der Waals surface area contributed by atoms with Gasteiger partial charge in [-0.15, -0.1) is 0 Å². The van der Waals surface area contributed by atoms with E-state index in [-0.39, 0.29) is 17.9 Å². The maximum Gasteiger partial charge on any atom is 0.267 e. The van der Waals surface area contributed by atoms with Gasteiger partial charge in [0.05, 0.1) is 6.04 Å². The van der Waals surface area contributed by atoms with Crippen LogP contribution < -0.4 is 5.32 Å². The Kier molecular flexibility index (Phi) is 4.90. The van der Waals surface area contributed by atoms with Crippen molar-refractivity contribution in [3.05, 3.63) is 58.4 Å². The Hall–Kier alpha value is -2.27. The van der Waals surface area contributed by atoms with Crippen molar-refractivity contribution >= 4 is 23.4 Å². The number of benzene rings is 1. The van der Waals surface area contributed by atoms with E-state index < -0.39 is 0 Å². The molecule has 2 aromatic rings. The Balaban J connectivity index is 1.53. The van der Waals surface area contributed by atoms with Gasteiger partial charge < -0.3 is 15.2 Å². The Morgan fingerprint density at radius 2 is 2.25 bits per heavy atom. The zero-order chi connectivity index (χ0) is 17.1. The molecule has 5 nitrogen and oxygen atoms in total. The van der Waals surface area contributed by atoms with E-state index in [1.54, 1.807) is 17.2 Å². The van der Waals surface area contributed by atoms with Crippen LogP contribution in [0.5, 0.6) is 0 Å². The highest BCUT2D eigenvalue weighted by atomic mass is 35.5. The quantitative estimate of drug-likeness (QED) is 0.874. The number of likely N-dealkylation sites (tertiary alicyclic amines) is 1. The van der Waals surface area contributed by atoms with Crippen molar-refractivity contribution in [2.75, 3.05) is 13.1 Å². The second-order valence-corrected chi connectivity index (χ2v) is 6.62. The predicted octanol–water partition coefficient (Wildman–Crippen LogP) is 2.55. The molecule has 1 atom stereocenters. The highest BCUT2D eigenvalue weighted by Crippen LogP contribution is 2.15. The molecule has 1 aliphatic rings. The summed E-state index contributed by atoms with van der Waals surface area (Å²) in [6, 6.07) is 9.30. The minimum absolute atomic E-state index is 0.0741. The van der Waals surface area contributed by atoms with E-state index in [1.807, 2.05) is 31.2 Å². The smallest absolute Gasteiger partial charge is 0.267 e. The number of H-pyrrole nitrogens is 1. The molecule has 0 saturated carbocycles. The number of aromatic amines is 1. The zero-order valence-electron chi connectivity index (χ0n) is 13.5. The van der Waals surface area contributed by atoms with Gasteiger partial charge in [0.2, 0.25) is 5.91 Å². The van der Waals surface area contributed by atoms with Gasteiger partial charge in [0.1, 0.15) is 5.69 Å². The molecular formula is C18H20ClN3O2. The third-order valence-electron chi connectivity index (χ3n) is 4.18. The van der Waals surface area contributed by atoms with Crippen LogP contribution in [0.3, 0.4) is 0 Å². The summed E-state index contributed by atoms with van der Waals surface area (Å²) < 4.78 is 0. The molecule has 2 N–H and O–H groups in total. The van der Waals surface area contributed by atoms with Crippen LogP contribution in [0, 0.1) is 6.92 Å². The molecule has 1 aromatic carbocycles. The molecule has 0 unspecified atom stereocenters. The van der Waals surface area contributed by atoms with E-state index in [0.29, 0.717) is 30.2 Å². The van der Waals surface area contributed by atoms with Gasteiger partial charge in [-0.05, 0) is 42.7 Å². The van der Waals surface area contributed by atoms with Gasteiger partial charge in [0.25, 0.3) is 5.91 Å². The highest BCUT2D eigenvalue weighted by Gasteiger charge is 2.30. The average molecular weight is 346 g/mol. The minimum Gasteiger partial charge on any atom is -0.357 e. The Bertz CT molecular complexity index is 756. The molecule has 1 saturated heterocycles. The molecule has 126 valence electrons. The van der Waals surface area contributed by atoms with Gasteiger partial charge in [0, 0.05) is 30.7 Å². The molecule has 6 heteroatoms. The number of aryl methyl sites for hydroxylation is 1. The molecule has 24 heavy (non-hydrogen) atoms. The number of halogens is 1. The predicted molar refractivity (Wildman–Crippen MR) is 93.1 cm³/mol. The topological polar surface area (TPSA) is 65.2 Å². The number of nitrogens with zero attached hydrogens (tertiary/aromatic N) is 1. The van der Waals surface area contributed by atoms with Crippen LogP contribution in [-0.2, 0) is 11.2 Å². The number of aromatic nitrogens is 1. The number of nitrogens with one attached hydrogen (secondary N) is 2. The SMILES string of the molecule is Cc1c[nH]c(C(=O)N[C@H]2CC(=O)N(CCc3cccc(Cl)c3)C2)c1. The second kappa shape index (κ2) is 7.09. The number of hydrogen-bond acceptors (Lipinski definition) is 2. The van der Waals surface area contributed by atoms with E-state index in [2.05, 4.69) is 10.3 Å². The lowest BCUT2D eigenvalue weighted by Crippen LogP contribution is -2.37. The largest absolute Gasteiger partial charge is 0.357 e. The van der Waals surface area contributed by atoms with Crippen LogP contribution in [-0.4, -0.2) is 40.8 Å². The average Bonchev–Trinajstić information content (AvgIpc) is 3.11. The second-order valence-electron chi connectivity index (χ2n) is 6.18. The fourth-order valence-corrected chi connectivity index (χ4v) is 3.15. The van der Waals surface area contributed by atoms with Crippen LogP contribution in [0.15, 0.2) is 36.5 Å². The van der Waals surface area contributed by atoms with Gasteiger partial charge in [-0.2, -0.15) is 0 Å². The van der Waals surface area contributed by atoms with Crippen LogP contribution in [0.4, 0.5) is 0 Å². The number of carbonyl (C=O) groups excluding carboxylic acids is 2. The van der Waals surface area contributed by atoms with Crippen molar-refractivity contribution in [1.29, 1.82) is 0 Å². The summed E-state index contributed by atoms with van der Waals surface area (Å²) in [5.41, 5.74) is 2.63. The summed E-state index contributed by atoms with van der Waals surface area (Å²) in [5, 5.41) is 3.62. The normalized spacial score (nSPS) is 17.3. The van der Waals surface area contributed by atoms with Crippen molar-refractivity contribution in [2.24, 2.45) is 0 Å². The van der Waals surface area contributed by atoms with Crippen molar-refractivity contribution in [2.45, 2.75) is 25.8 Å². The van der Waals surface area contributed by atoms with Crippen LogP contribution in [0.1, 0.15) is 28.0 Å². The van der Waals surface area contributed by atoms with E-state index in [4.69, 9.17) is 11.6 Å². The fourth-order valence-electron chi connectivity index (χ4n) is 2.94. The van der Waals surface area contributed by atoms with E-state index in [0.717, 1.165) is 17.5 Å². The molecule has 0 spiro atoms. The lowest BCUT2D eigenvalue weighted by atomic mass is 10.1. The molecule has 2 heterocycles. The summed E-state index contributed by atoms with van der Waals surface area (Å²) >= 11 is 5.98. The molecule has 2 amide bonds. The first-order valence-corrected chi connectivity index (χ1v) is 8.37. The first-order valence-electron chi connectivity index (χ1n) is 7.99. The van der Waals surface area contributed by atoms with Gasteiger partial charge in [-0.1, -0.05) is 23.7 Å². The summed E-state index contributed by atoms with van der Waals surface area (Å²) in [4.78, 5) is 29.0. The van der Waals surface area contributed by atoms with Crippen molar-refractivity contribution in [3.63, 3.8) is 0 Å². The Morgan fingerprint density at radius 1 is 1.42 bits per heavy atom. The molecule has 1 fully saturated rings. The number of rotatable bonds is 5. The van der Waals surface area contributed by atoms with Crippen LogP contribution in [0.2, 0.25) is 5.02 Å². The molecular weight excluding hydrogens is 326 g/mol. The van der Waals surface area contributed by atoms with E-state index in [1.165, 1.54) is 0 Å². The summed E-state index contributed by atoms with van der Waals surface area (Å²) in [5.74, 6) is -0.0948. The summed E-state index contributed by atoms with van der Waals surface area (Å²) in [6.45, 7) is 3.10. The maximum atomic E-state index is 12.2. The van der Waals surface area contributed by atoms with Gasteiger partial charge in [-0.3, -0.25) is 9.59 Å². The Morgan fingerprint density at radius 3 is 2.96 bits per heavy atom. The molecule has 1 aromatic heterocycles. The van der Waals surface area contributed by atoms with Crippen LogP contribution >= 0.6 is 11.6 Å². The maximum absolute atomic E-state index is 12.2. The molecule has 3 rings (SSSR count). The lowest BCUT2D eigenvalue weighted by molar-refractivity contribution is -0.127. The number of hydrogen-bond donors (Lipinski definition) is 2. The fraction of sp³-hybridized carbons (Fsp3) is 0.333. The van der Waals surface area contributed by atoms with Crippen molar-refractivity contribution < 1.29 is 9.59 Å². The first-order chi connectivity index (χ1) is 11.5. The molecule has 0 aliphatic carbocycles. The highest BCUT2D eigenvalue weighted by molar-refractivity contribution is 6.30. The molecule has 0 bridgehead atoms. The van der Waals surface area contributed by atoms with Gasteiger partial charge >= 0.3 is 0 Å². The third-order valence-corrected chi connectivity index (χ3v) is 4.42. The Labute approximate surface area is 146 Å². The molecule has 1 aliphatic heterocycles. The van der Waals surface area contributed by atoms with Crippen molar-refractivity contribution in [1.82, 2.24) is 15.2 Å². The van der Waals surface area contributed by atoms with Crippen molar-refractivity contribution in [3.8, 4) is 0 Å². The van der Waals surface area contributed by atoms with Gasteiger partial charge in [-0.25, -0.2) is 0 Å². The monoisotopic (exact) mass is 345 g/mol. The van der Waals surface area contributed by atoms with E-state index >= 15 is 0 Å². The van der Waals surface area contributed by atoms with E-state index in [9.17, 15) is 9.59 Å². The third kappa shape index (κ3) is 3.97. The minimum atomic E-state index is -0.169.